The van der Waals surface area contributed by atoms with E-state index < -0.39 is 29.7 Å². The standard InChI is InChI=1S/C34H35ClO6/c35-34(36)33(40-24-29-19-11-4-12-20-29)32(39-23-28-17-9-3-10-18-28)31(38-22-27-15-7-2-8-16-27)30(41-34)25-37-21-26-13-5-1-6-14-26/h1-20,30-33,36H,21-25H2/t30-,31+,32+,33-,34+/m1/s1. The first-order valence-electron chi connectivity index (χ1n) is 13.8. The van der Waals surface area contributed by atoms with Crippen molar-refractivity contribution in [2.24, 2.45) is 0 Å². The average Bonchev–Trinajstić information content (AvgIpc) is 3.01. The Labute approximate surface area is 246 Å². The maximum atomic E-state index is 11.4. The molecule has 1 aliphatic heterocycles. The van der Waals surface area contributed by atoms with Crippen LogP contribution in [0.5, 0.6) is 0 Å². The molecule has 0 amide bonds. The third-order valence-electron chi connectivity index (χ3n) is 6.89. The summed E-state index contributed by atoms with van der Waals surface area (Å²) < 4.78 is 31.3. The van der Waals surface area contributed by atoms with Crippen molar-refractivity contribution in [2.75, 3.05) is 6.61 Å². The Hall–Kier alpha value is -3.07. The van der Waals surface area contributed by atoms with E-state index in [4.69, 9.17) is 35.3 Å². The lowest BCUT2D eigenvalue weighted by Crippen LogP contribution is -2.65. The van der Waals surface area contributed by atoms with Gasteiger partial charge >= 0.3 is 0 Å². The van der Waals surface area contributed by atoms with Crippen LogP contribution in [0.15, 0.2) is 121 Å². The second-order valence-electron chi connectivity index (χ2n) is 10.0. The van der Waals surface area contributed by atoms with Crippen LogP contribution in [-0.4, -0.2) is 41.4 Å². The normalized spacial score (nSPS) is 24.2. The second kappa shape index (κ2) is 14.7. The van der Waals surface area contributed by atoms with Gasteiger partial charge in [0.05, 0.1) is 33.0 Å². The molecule has 0 spiro atoms. The van der Waals surface area contributed by atoms with Crippen LogP contribution in [0.25, 0.3) is 0 Å². The maximum Gasteiger partial charge on any atom is 0.276 e. The number of hydrogen-bond donors (Lipinski definition) is 1. The van der Waals surface area contributed by atoms with E-state index in [1.54, 1.807) is 0 Å². The summed E-state index contributed by atoms with van der Waals surface area (Å²) in [6.45, 7) is 1.28. The first-order valence-corrected chi connectivity index (χ1v) is 14.1. The van der Waals surface area contributed by atoms with Gasteiger partial charge < -0.3 is 28.8 Å². The number of aliphatic hydroxyl groups is 1. The fourth-order valence-electron chi connectivity index (χ4n) is 4.80. The Balaban J connectivity index is 1.39. The molecular formula is C34H35ClO6. The predicted octanol–water partition coefficient (Wildman–Crippen LogP) is 6.24. The van der Waals surface area contributed by atoms with E-state index in [1.807, 2.05) is 121 Å². The molecule has 0 saturated carbocycles. The molecular weight excluding hydrogens is 540 g/mol. The molecule has 1 N–H and O–H groups in total. The fourth-order valence-corrected chi connectivity index (χ4v) is 5.11. The number of alkyl halides is 1. The molecule has 5 rings (SSSR count). The molecule has 0 radical (unpaired) electrons. The van der Waals surface area contributed by atoms with Crippen LogP contribution in [0.4, 0.5) is 0 Å². The first kappa shape index (κ1) is 29.4. The highest BCUT2D eigenvalue weighted by molar-refractivity contribution is 6.22. The van der Waals surface area contributed by atoms with Crippen molar-refractivity contribution in [2.45, 2.75) is 56.1 Å². The number of ether oxygens (including phenoxy) is 5. The lowest BCUT2D eigenvalue weighted by molar-refractivity contribution is -0.337. The highest BCUT2D eigenvalue weighted by Gasteiger charge is 2.55. The van der Waals surface area contributed by atoms with E-state index in [9.17, 15) is 5.11 Å². The van der Waals surface area contributed by atoms with Gasteiger partial charge in [0.25, 0.3) is 5.25 Å². The monoisotopic (exact) mass is 574 g/mol. The van der Waals surface area contributed by atoms with Gasteiger partial charge in [-0.25, -0.2) is 0 Å². The molecule has 0 bridgehead atoms. The van der Waals surface area contributed by atoms with Crippen molar-refractivity contribution < 1.29 is 28.8 Å². The van der Waals surface area contributed by atoms with Gasteiger partial charge in [-0.1, -0.05) is 133 Å². The summed E-state index contributed by atoms with van der Waals surface area (Å²) in [5.41, 5.74) is 3.91. The third kappa shape index (κ3) is 8.47. The van der Waals surface area contributed by atoms with Crippen molar-refractivity contribution >= 4 is 11.6 Å². The molecule has 7 heteroatoms. The Morgan fingerprint density at radius 2 is 0.951 bits per heavy atom. The number of rotatable bonds is 13. The first-order chi connectivity index (χ1) is 20.1. The lowest BCUT2D eigenvalue weighted by atomic mass is 9.97. The van der Waals surface area contributed by atoms with E-state index >= 15 is 0 Å². The lowest BCUT2D eigenvalue weighted by Gasteiger charge is -2.47. The Morgan fingerprint density at radius 3 is 1.41 bits per heavy atom. The van der Waals surface area contributed by atoms with Crippen LogP contribution in [0.1, 0.15) is 22.3 Å². The van der Waals surface area contributed by atoms with E-state index in [1.165, 1.54) is 0 Å². The molecule has 1 heterocycles. The van der Waals surface area contributed by atoms with Gasteiger partial charge in [0.2, 0.25) is 0 Å². The summed E-state index contributed by atoms with van der Waals surface area (Å²) in [7, 11) is 0. The Bertz CT molecular complexity index is 1290. The molecule has 5 atom stereocenters. The number of benzene rings is 4. The van der Waals surface area contributed by atoms with Crippen molar-refractivity contribution in [1.29, 1.82) is 0 Å². The summed E-state index contributed by atoms with van der Waals surface area (Å²) in [6.07, 6.45) is -3.22. The van der Waals surface area contributed by atoms with Gasteiger partial charge in [0.1, 0.15) is 18.3 Å². The van der Waals surface area contributed by atoms with Crippen molar-refractivity contribution in [3.8, 4) is 0 Å². The minimum Gasteiger partial charge on any atom is -0.374 e. The average molecular weight is 575 g/mol. The van der Waals surface area contributed by atoms with Gasteiger partial charge in [0.15, 0.2) is 6.10 Å². The van der Waals surface area contributed by atoms with Crippen molar-refractivity contribution in [1.82, 2.24) is 0 Å². The summed E-state index contributed by atoms with van der Waals surface area (Å²) >= 11 is 6.67. The minimum atomic E-state index is -2.18. The third-order valence-corrected chi connectivity index (χ3v) is 7.20. The van der Waals surface area contributed by atoms with Crippen LogP contribution in [0.2, 0.25) is 0 Å². The van der Waals surface area contributed by atoms with Crippen LogP contribution in [0.3, 0.4) is 0 Å². The van der Waals surface area contributed by atoms with Gasteiger partial charge in [-0.2, -0.15) is 0 Å². The second-order valence-corrected chi connectivity index (χ2v) is 10.5. The number of hydrogen-bond acceptors (Lipinski definition) is 6. The van der Waals surface area contributed by atoms with E-state index in [0.29, 0.717) is 13.2 Å². The Kier molecular flexibility index (Phi) is 10.6. The highest BCUT2D eigenvalue weighted by atomic mass is 35.5. The van der Waals surface area contributed by atoms with E-state index in [2.05, 4.69) is 0 Å². The summed E-state index contributed by atoms with van der Waals surface area (Å²) in [6, 6.07) is 39.2. The van der Waals surface area contributed by atoms with E-state index in [0.717, 1.165) is 22.3 Å². The van der Waals surface area contributed by atoms with E-state index in [-0.39, 0.29) is 19.8 Å². The zero-order valence-corrected chi connectivity index (χ0v) is 23.5. The molecule has 1 fully saturated rings. The van der Waals surface area contributed by atoms with Crippen LogP contribution >= 0.6 is 11.6 Å². The highest BCUT2D eigenvalue weighted by Crippen LogP contribution is 2.38. The fraction of sp³-hybridized carbons (Fsp3) is 0.294. The van der Waals surface area contributed by atoms with Gasteiger partial charge in [-0.3, -0.25) is 0 Å². The minimum absolute atomic E-state index is 0.125. The summed E-state index contributed by atoms with van der Waals surface area (Å²) in [4.78, 5) is 0. The largest absolute Gasteiger partial charge is 0.374 e. The van der Waals surface area contributed by atoms with Gasteiger partial charge in [0, 0.05) is 0 Å². The molecule has 0 aliphatic carbocycles. The Morgan fingerprint density at radius 1 is 0.561 bits per heavy atom. The SMILES string of the molecule is O[C@]1(Cl)O[C@H](COCc2ccccc2)[C@H](OCc2ccccc2)[C@H](OCc2ccccc2)[C@H]1OCc1ccccc1. The van der Waals surface area contributed by atoms with Crippen molar-refractivity contribution in [3.63, 3.8) is 0 Å². The molecule has 214 valence electrons. The van der Waals surface area contributed by atoms with Crippen LogP contribution in [-0.2, 0) is 50.1 Å². The maximum absolute atomic E-state index is 11.4. The molecule has 1 saturated heterocycles. The molecule has 1 aliphatic rings. The molecule has 6 nitrogen and oxygen atoms in total. The van der Waals surface area contributed by atoms with Crippen LogP contribution in [0, 0.1) is 0 Å². The molecule has 0 aromatic heterocycles. The molecule has 4 aromatic rings. The summed E-state index contributed by atoms with van der Waals surface area (Å²) in [5, 5.41) is 9.22. The molecule has 4 aromatic carbocycles. The summed E-state index contributed by atoms with van der Waals surface area (Å²) in [5.74, 6) is 0. The quantitative estimate of drug-likeness (QED) is 0.191. The van der Waals surface area contributed by atoms with Crippen LogP contribution < -0.4 is 0 Å². The zero-order valence-electron chi connectivity index (χ0n) is 22.8. The predicted molar refractivity (Wildman–Crippen MR) is 157 cm³/mol. The van der Waals surface area contributed by atoms with Gasteiger partial charge in [-0.05, 0) is 22.3 Å². The zero-order chi connectivity index (χ0) is 28.3. The molecule has 0 unspecified atom stereocenters. The topological polar surface area (TPSA) is 66.4 Å². The molecule has 41 heavy (non-hydrogen) atoms. The van der Waals surface area contributed by atoms with Crippen molar-refractivity contribution in [3.05, 3.63) is 144 Å². The number of halogens is 1. The smallest absolute Gasteiger partial charge is 0.276 e. The van der Waals surface area contributed by atoms with Gasteiger partial charge in [-0.15, -0.1) is 0 Å².